The van der Waals surface area contributed by atoms with Gasteiger partial charge in [0.2, 0.25) is 0 Å². The van der Waals surface area contributed by atoms with Crippen LogP contribution in [0.25, 0.3) is 11.0 Å². The lowest BCUT2D eigenvalue weighted by Gasteiger charge is -2.38. The Morgan fingerprint density at radius 3 is 2.53 bits per heavy atom. The van der Waals surface area contributed by atoms with Crippen molar-refractivity contribution in [2.24, 2.45) is 5.73 Å². The summed E-state index contributed by atoms with van der Waals surface area (Å²) in [5.41, 5.74) is 7.84. The minimum atomic E-state index is -0.607. The number of hydrogen-bond donors (Lipinski definition) is 2. The van der Waals surface area contributed by atoms with Gasteiger partial charge in [0.15, 0.2) is 0 Å². The molecule has 0 spiro atoms. The Balaban J connectivity index is 1.93. The van der Waals surface area contributed by atoms with Crippen LogP contribution >= 0.6 is 0 Å². The van der Waals surface area contributed by atoms with Crippen LogP contribution in [0.2, 0.25) is 0 Å². The molecule has 1 atom stereocenters. The van der Waals surface area contributed by atoms with Crippen molar-refractivity contribution in [3.05, 3.63) is 64.9 Å². The van der Waals surface area contributed by atoms with Crippen LogP contribution in [0.5, 0.6) is 5.75 Å². The van der Waals surface area contributed by atoms with Crippen LogP contribution in [0, 0.1) is 6.92 Å². The van der Waals surface area contributed by atoms with Crippen LogP contribution in [0.15, 0.2) is 46.9 Å². The number of carbonyl (C=O) groups is 1. The normalized spacial score (nSPS) is 17.0. The summed E-state index contributed by atoms with van der Waals surface area (Å²) < 4.78 is 17.8. The van der Waals surface area contributed by atoms with E-state index >= 15 is 0 Å². The smallest absolute Gasteiger partial charge is 0.252 e. The molecular formula is C24H27NO5. The van der Waals surface area contributed by atoms with Gasteiger partial charge < -0.3 is 24.7 Å². The van der Waals surface area contributed by atoms with Crippen molar-refractivity contribution < 1.29 is 23.8 Å². The van der Waals surface area contributed by atoms with Gasteiger partial charge in [0.25, 0.3) is 5.91 Å². The number of ether oxygens (including phenoxy) is 2. The minimum absolute atomic E-state index is 0.0893. The number of rotatable bonds is 6. The summed E-state index contributed by atoms with van der Waals surface area (Å²) in [5.74, 6) is 0.533. The van der Waals surface area contributed by atoms with Crippen LogP contribution in [-0.2, 0) is 10.2 Å². The van der Waals surface area contributed by atoms with Gasteiger partial charge in [-0.3, -0.25) is 4.79 Å². The van der Waals surface area contributed by atoms with E-state index < -0.39 is 11.3 Å². The van der Waals surface area contributed by atoms with E-state index in [4.69, 9.17) is 19.6 Å². The highest BCUT2D eigenvalue weighted by Crippen LogP contribution is 2.46. The van der Waals surface area contributed by atoms with Crippen LogP contribution < -0.4 is 10.5 Å². The van der Waals surface area contributed by atoms with Crippen LogP contribution in [0.4, 0.5) is 0 Å². The first kappa shape index (κ1) is 20.4. The molecule has 4 rings (SSSR count). The van der Waals surface area contributed by atoms with Gasteiger partial charge in [0.1, 0.15) is 23.2 Å². The number of amides is 1. The number of nitrogens with two attached hydrogens (primary N) is 1. The second kappa shape index (κ2) is 8.13. The van der Waals surface area contributed by atoms with E-state index in [2.05, 4.69) is 0 Å². The molecular weight excluding hydrogens is 382 g/mol. The molecule has 1 fully saturated rings. The molecule has 2 aromatic carbocycles. The fourth-order valence-electron chi connectivity index (χ4n) is 4.44. The minimum Gasteiger partial charge on any atom is -0.486 e. The number of aryl methyl sites for hydroxylation is 1. The summed E-state index contributed by atoms with van der Waals surface area (Å²) in [6.07, 6.45) is 1.01. The van der Waals surface area contributed by atoms with Crippen molar-refractivity contribution in [2.75, 3.05) is 19.8 Å². The number of fused-ring (bicyclic) bond motifs is 1. The zero-order valence-electron chi connectivity index (χ0n) is 17.3. The van der Waals surface area contributed by atoms with E-state index in [0.717, 1.165) is 11.1 Å². The number of aliphatic hydroxyl groups excluding tert-OH is 1. The Hall–Kier alpha value is -2.83. The second-order valence-corrected chi connectivity index (χ2v) is 7.93. The van der Waals surface area contributed by atoms with Gasteiger partial charge in [-0.2, -0.15) is 0 Å². The van der Waals surface area contributed by atoms with Crippen molar-refractivity contribution in [1.29, 1.82) is 0 Å². The van der Waals surface area contributed by atoms with Crippen LogP contribution in [0.3, 0.4) is 0 Å². The van der Waals surface area contributed by atoms with Gasteiger partial charge in [0, 0.05) is 29.6 Å². The number of primary amides is 1. The molecule has 158 valence electrons. The fourth-order valence-corrected chi connectivity index (χ4v) is 4.44. The molecule has 0 radical (unpaired) electrons. The third-order valence-corrected chi connectivity index (χ3v) is 6.10. The monoisotopic (exact) mass is 409 g/mol. The molecule has 6 nitrogen and oxygen atoms in total. The van der Waals surface area contributed by atoms with E-state index in [9.17, 15) is 9.90 Å². The van der Waals surface area contributed by atoms with E-state index in [0.29, 0.717) is 54.1 Å². The SMILES string of the molecule is Cc1oc2ccc(OC(C)c3ccccc3)c(C3(CO)CCOCC3)c2c1C(N)=O. The average Bonchev–Trinajstić information content (AvgIpc) is 3.10. The second-order valence-electron chi connectivity index (χ2n) is 7.93. The Labute approximate surface area is 175 Å². The maximum Gasteiger partial charge on any atom is 0.252 e. The van der Waals surface area contributed by atoms with Gasteiger partial charge in [-0.1, -0.05) is 30.3 Å². The molecule has 0 bridgehead atoms. The van der Waals surface area contributed by atoms with Crippen molar-refractivity contribution in [3.63, 3.8) is 0 Å². The van der Waals surface area contributed by atoms with E-state index in [1.165, 1.54) is 0 Å². The summed E-state index contributed by atoms with van der Waals surface area (Å²) >= 11 is 0. The first-order chi connectivity index (χ1) is 14.5. The van der Waals surface area contributed by atoms with E-state index in [1.54, 1.807) is 13.0 Å². The number of hydrogen-bond acceptors (Lipinski definition) is 5. The molecule has 0 saturated carbocycles. The zero-order chi connectivity index (χ0) is 21.3. The molecule has 30 heavy (non-hydrogen) atoms. The molecule has 1 aromatic heterocycles. The maximum atomic E-state index is 12.3. The maximum absolute atomic E-state index is 12.3. The predicted molar refractivity (Wildman–Crippen MR) is 114 cm³/mol. The summed E-state index contributed by atoms with van der Waals surface area (Å²) in [6, 6.07) is 13.6. The third-order valence-electron chi connectivity index (χ3n) is 6.10. The number of benzene rings is 2. The summed E-state index contributed by atoms with van der Waals surface area (Å²) in [6.45, 7) is 4.66. The molecule has 1 unspecified atom stereocenters. The highest BCUT2D eigenvalue weighted by atomic mass is 16.5. The van der Waals surface area contributed by atoms with Crippen molar-refractivity contribution in [2.45, 2.75) is 38.2 Å². The highest BCUT2D eigenvalue weighted by Gasteiger charge is 2.40. The quantitative estimate of drug-likeness (QED) is 0.641. The summed E-state index contributed by atoms with van der Waals surface area (Å²) in [4.78, 5) is 12.3. The molecule has 1 amide bonds. The molecule has 3 aromatic rings. The molecule has 1 aliphatic heterocycles. The van der Waals surface area contributed by atoms with Crippen molar-refractivity contribution in [3.8, 4) is 5.75 Å². The summed E-state index contributed by atoms with van der Waals surface area (Å²) in [5, 5.41) is 11.1. The Morgan fingerprint density at radius 2 is 1.90 bits per heavy atom. The first-order valence-corrected chi connectivity index (χ1v) is 10.2. The van der Waals surface area contributed by atoms with Gasteiger partial charge in [0.05, 0.1) is 12.2 Å². The lowest BCUT2D eigenvalue weighted by Crippen LogP contribution is -2.38. The Bertz CT molecular complexity index is 1050. The first-order valence-electron chi connectivity index (χ1n) is 10.2. The van der Waals surface area contributed by atoms with E-state index in [1.807, 2.05) is 43.3 Å². The van der Waals surface area contributed by atoms with Crippen LogP contribution in [0.1, 0.15) is 53.1 Å². The number of aliphatic hydroxyl groups is 1. The van der Waals surface area contributed by atoms with E-state index in [-0.39, 0.29) is 12.7 Å². The number of furan rings is 1. The zero-order valence-corrected chi connectivity index (χ0v) is 17.3. The third kappa shape index (κ3) is 3.46. The Morgan fingerprint density at radius 1 is 1.20 bits per heavy atom. The molecule has 3 N–H and O–H groups in total. The lowest BCUT2D eigenvalue weighted by atomic mass is 9.72. The van der Waals surface area contributed by atoms with Gasteiger partial charge in [-0.05, 0) is 44.4 Å². The van der Waals surface area contributed by atoms with Crippen molar-refractivity contribution >= 4 is 16.9 Å². The molecule has 6 heteroatoms. The van der Waals surface area contributed by atoms with Gasteiger partial charge in [-0.15, -0.1) is 0 Å². The van der Waals surface area contributed by atoms with Gasteiger partial charge in [-0.25, -0.2) is 0 Å². The molecule has 1 saturated heterocycles. The standard InChI is InChI=1S/C24H27NO5/c1-15(17-6-4-3-5-7-17)29-19-9-8-18-21(20(23(25)27)16(2)30-18)22(19)24(14-26)10-12-28-13-11-24/h3-9,15,26H,10-14H2,1-2H3,(H2,25,27). The van der Waals surface area contributed by atoms with Crippen LogP contribution in [-0.4, -0.2) is 30.8 Å². The van der Waals surface area contributed by atoms with Gasteiger partial charge >= 0.3 is 0 Å². The Kier molecular flexibility index (Phi) is 5.54. The van der Waals surface area contributed by atoms with Crippen molar-refractivity contribution in [1.82, 2.24) is 0 Å². The lowest BCUT2D eigenvalue weighted by molar-refractivity contribution is 0.0242. The molecule has 1 aliphatic rings. The fraction of sp³-hybridized carbons (Fsp3) is 0.375. The largest absolute Gasteiger partial charge is 0.486 e. The molecule has 0 aliphatic carbocycles. The number of carbonyl (C=O) groups excluding carboxylic acids is 1. The molecule has 2 heterocycles. The average molecular weight is 409 g/mol. The topological polar surface area (TPSA) is 94.9 Å². The highest BCUT2D eigenvalue weighted by molar-refractivity contribution is 6.08. The predicted octanol–water partition coefficient (Wildman–Crippen LogP) is 4.02. The summed E-state index contributed by atoms with van der Waals surface area (Å²) in [7, 11) is 0.